The minimum Gasteiger partial charge on any atom is -0.478 e. The van der Waals surface area contributed by atoms with Gasteiger partial charge < -0.3 is 9.84 Å². The van der Waals surface area contributed by atoms with Crippen LogP contribution in [0.25, 0.3) is 0 Å². The zero-order chi connectivity index (χ0) is 8.97. The molecule has 1 aliphatic carbocycles. The van der Waals surface area contributed by atoms with Crippen LogP contribution in [0.1, 0.15) is 19.8 Å². The Morgan fingerprint density at radius 3 is 2.75 bits per heavy atom. The van der Waals surface area contributed by atoms with Gasteiger partial charge in [-0.25, -0.2) is 4.79 Å². The first-order chi connectivity index (χ1) is 5.74. The second-order valence-corrected chi connectivity index (χ2v) is 2.97. The van der Waals surface area contributed by atoms with Crippen LogP contribution in [0.15, 0.2) is 11.6 Å². The number of carbonyl (C=O) groups is 1. The van der Waals surface area contributed by atoms with E-state index in [2.05, 4.69) is 0 Å². The molecular formula is C9H14O3. The van der Waals surface area contributed by atoms with E-state index in [9.17, 15) is 4.79 Å². The Morgan fingerprint density at radius 1 is 1.67 bits per heavy atom. The SMILES string of the molecule is CCOC/C(=C/C(=O)O)C1CC1. The molecule has 0 unspecified atom stereocenters. The molecule has 3 nitrogen and oxygen atoms in total. The monoisotopic (exact) mass is 170 g/mol. The molecule has 1 N–H and O–H groups in total. The van der Waals surface area contributed by atoms with E-state index in [1.165, 1.54) is 6.08 Å². The smallest absolute Gasteiger partial charge is 0.328 e. The molecule has 12 heavy (non-hydrogen) atoms. The minimum absolute atomic E-state index is 0.479. The molecular weight excluding hydrogens is 156 g/mol. The molecule has 0 radical (unpaired) electrons. The van der Waals surface area contributed by atoms with E-state index in [4.69, 9.17) is 9.84 Å². The summed E-state index contributed by atoms with van der Waals surface area (Å²) in [4.78, 5) is 10.4. The Kier molecular flexibility index (Phi) is 3.29. The summed E-state index contributed by atoms with van der Waals surface area (Å²) >= 11 is 0. The lowest BCUT2D eigenvalue weighted by Gasteiger charge is -2.03. The van der Waals surface area contributed by atoms with Gasteiger partial charge in [-0.3, -0.25) is 0 Å². The summed E-state index contributed by atoms with van der Waals surface area (Å²) in [5.41, 5.74) is 0.935. The van der Waals surface area contributed by atoms with Crippen LogP contribution in [0.3, 0.4) is 0 Å². The van der Waals surface area contributed by atoms with Crippen molar-refractivity contribution >= 4 is 5.97 Å². The van der Waals surface area contributed by atoms with E-state index in [0.29, 0.717) is 19.1 Å². The molecule has 0 spiro atoms. The molecule has 0 atom stereocenters. The van der Waals surface area contributed by atoms with Gasteiger partial charge in [0.1, 0.15) is 0 Å². The maximum absolute atomic E-state index is 10.4. The Balaban J connectivity index is 2.42. The largest absolute Gasteiger partial charge is 0.478 e. The van der Waals surface area contributed by atoms with E-state index in [-0.39, 0.29) is 0 Å². The number of carboxylic acids is 1. The van der Waals surface area contributed by atoms with E-state index in [0.717, 1.165) is 18.4 Å². The molecule has 1 rings (SSSR count). The zero-order valence-corrected chi connectivity index (χ0v) is 7.25. The van der Waals surface area contributed by atoms with Crippen LogP contribution in [-0.2, 0) is 9.53 Å². The van der Waals surface area contributed by atoms with Gasteiger partial charge in [-0.05, 0) is 31.3 Å². The third-order valence-corrected chi connectivity index (χ3v) is 1.88. The Morgan fingerprint density at radius 2 is 2.33 bits per heavy atom. The third-order valence-electron chi connectivity index (χ3n) is 1.88. The first-order valence-electron chi connectivity index (χ1n) is 4.25. The van der Waals surface area contributed by atoms with Crippen molar-refractivity contribution in [1.82, 2.24) is 0 Å². The predicted octanol–water partition coefficient (Wildman–Crippen LogP) is 1.44. The molecule has 0 saturated heterocycles. The van der Waals surface area contributed by atoms with Gasteiger partial charge in [0.2, 0.25) is 0 Å². The van der Waals surface area contributed by atoms with Crippen molar-refractivity contribution < 1.29 is 14.6 Å². The molecule has 0 aromatic heterocycles. The van der Waals surface area contributed by atoms with Crippen molar-refractivity contribution in [3.8, 4) is 0 Å². The standard InChI is InChI=1S/C9H14O3/c1-2-12-6-8(5-9(10)11)7-3-4-7/h5,7H,2-4,6H2,1H3,(H,10,11)/b8-5-. The van der Waals surface area contributed by atoms with E-state index in [1.807, 2.05) is 6.92 Å². The van der Waals surface area contributed by atoms with Gasteiger partial charge in [-0.15, -0.1) is 0 Å². The summed E-state index contributed by atoms with van der Waals surface area (Å²) < 4.78 is 5.17. The summed E-state index contributed by atoms with van der Waals surface area (Å²) in [6, 6.07) is 0. The van der Waals surface area contributed by atoms with Gasteiger partial charge in [0.25, 0.3) is 0 Å². The first kappa shape index (κ1) is 9.26. The van der Waals surface area contributed by atoms with Gasteiger partial charge in [-0.2, -0.15) is 0 Å². The van der Waals surface area contributed by atoms with Crippen LogP contribution >= 0.6 is 0 Å². The number of aliphatic carboxylic acids is 1. The fraction of sp³-hybridized carbons (Fsp3) is 0.667. The third kappa shape index (κ3) is 3.05. The zero-order valence-electron chi connectivity index (χ0n) is 7.25. The molecule has 0 heterocycles. The molecule has 0 bridgehead atoms. The molecule has 0 amide bonds. The lowest BCUT2D eigenvalue weighted by molar-refractivity contribution is -0.131. The van der Waals surface area contributed by atoms with Crippen LogP contribution < -0.4 is 0 Å². The fourth-order valence-electron chi connectivity index (χ4n) is 1.11. The highest BCUT2D eigenvalue weighted by Gasteiger charge is 2.26. The van der Waals surface area contributed by atoms with Crippen LogP contribution in [0, 0.1) is 5.92 Å². The normalized spacial score (nSPS) is 17.9. The number of carboxylic acid groups (broad SMARTS) is 1. The highest BCUT2D eigenvalue weighted by molar-refractivity contribution is 5.80. The second kappa shape index (κ2) is 4.26. The minimum atomic E-state index is -0.864. The molecule has 3 heteroatoms. The van der Waals surface area contributed by atoms with Crippen molar-refractivity contribution in [3.05, 3.63) is 11.6 Å². The van der Waals surface area contributed by atoms with Crippen LogP contribution in [0.5, 0.6) is 0 Å². The lowest BCUT2D eigenvalue weighted by Crippen LogP contribution is -2.02. The van der Waals surface area contributed by atoms with E-state index >= 15 is 0 Å². The number of ether oxygens (including phenoxy) is 1. The number of hydrogen-bond donors (Lipinski definition) is 1. The van der Waals surface area contributed by atoms with Gasteiger partial charge in [0.05, 0.1) is 6.61 Å². The molecule has 0 aromatic rings. The lowest BCUT2D eigenvalue weighted by atomic mass is 10.1. The van der Waals surface area contributed by atoms with Gasteiger partial charge in [0, 0.05) is 12.7 Å². The molecule has 1 saturated carbocycles. The molecule has 0 aromatic carbocycles. The first-order valence-corrected chi connectivity index (χ1v) is 4.25. The maximum Gasteiger partial charge on any atom is 0.328 e. The van der Waals surface area contributed by atoms with Crippen LogP contribution in [0.4, 0.5) is 0 Å². The van der Waals surface area contributed by atoms with Crippen LogP contribution in [-0.4, -0.2) is 24.3 Å². The predicted molar refractivity (Wildman–Crippen MR) is 44.9 cm³/mol. The number of rotatable bonds is 5. The Hall–Kier alpha value is -0.830. The second-order valence-electron chi connectivity index (χ2n) is 2.97. The fourth-order valence-corrected chi connectivity index (χ4v) is 1.11. The topological polar surface area (TPSA) is 46.5 Å². The average Bonchev–Trinajstić information content (AvgIpc) is 2.79. The van der Waals surface area contributed by atoms with Crippen molar-refractivity contribution in [2.45, 2.75) is 19.8 Å². The summed E-state index contributed by atoms with van der Waals surface area (Å²) in [5.74, 6) is -0.385. The Labute approximate surface area is 72.0 Å². The molecule has 68 valence electrons. The van der Waals surface area contributed by atoms with Gasteiger partial charge >= 0.3 is 5.97 Å². The molecule has 0 aliphatic heterocycles. The van der Waals surface area contributed by atoms with Crippen molar-refractivity contribution in [3.63, 3.8) is 0 Å². The summed E-state index contributed by atoms with van der Waals surface area (Å²) in [7, 11) is 0. The summed E-state index contributed by atoms with van der Waals surface area (Å²) in [6.45, 7) is 3.03. The van der Waals surface area contributed by atoms with E-state index in [1.54, 1.807) is 0 Å². The van der Waals surface area contributed by atoms with Crippen molar-refractivity contribution in [2.24, 2.45) is 5.92 Å². The highest BCUT2D eigenvalue weighted by Crippen LogP contribution is 2.36. The molecule has 1 aliphatic rings. The average molecular weight is 170 g/mol. The van der Waals surface area contributed by atoms with Gasteiger partial charge in [0.15, 0.2) is 0 Å². The quantitative estimate of drug-likeness (QED) is 0.635. The maximum atomic E-state index is 10.4. The van der Waals surface area contributed by atoms with Crippen molar-refractivity contribution in [1.29, 1.82) is 0 Å². The Bertz CT molecular complexity index is 192. The number of hydrogen-bond acceptors (Lipinski definition) is 2. The van der Waals surface area contributed by atoms with E-state index < -0.39 is 5.97 Å². The molecule has 1 fully saturated rings. The highest BCUT2D eigenvalue weighted by atomic mass is 16.5. The summed E-state index contributed by atoms with van der Waals surface area (Å²) in [5, 5.41) is 8.53. The summed E-state index contributed by atoms with van der Waals surface area (Å²) in [6.07, 6.45) is 3.52. The van der Waals surface area contributed by atoms with Gasteiger partial charge in [-0.1, -0.05) is 0 Å². The van der Waals surface area contributed by atoms with Crippen molar-refractivity contribution in [2.75, 3.05) is 13.2 Å². The van der Waals surface area contributed by atoms with Crippen LogP contribution in [0.2, 0.25) is 0 Å².